The van der Waals surface area contributed by atoms with Gasteiger partial charge in [0.1, 0.15) is 0 Å². The van der Waals surface area contributed by atoms with Crippen LogP contribution in [0.3, 0.4) is 0 Å². The lowest BCUT2D eigenvalue weighted by atomic mass is 9.84. The molecule has 1 saturated heterocycles. The lowest BCUT2D eigenvalue weighted by Crippen LogP contribution is -2.46. The molecule has 3 nitrogen and oxygen atoms in total. The van der Waals surface area contributed by atoms with E-state index in [0.29, 0.717) is 6.04 Å². The molecular weight excluding hydrogens is 258 g/mol. The highest BCUT2D eigenvalue weighted by atomic mass is 15.3. The van der Waals surface area contributed by atoms with Crippen molar-refractivity contribution in [3.8, 4) is 0 Å². The summed E-state index contributed by atoms with van der Waals surface area (Å²) in [6.07, 6.45) is 3.69. The molecule has 0 amide bonds. The van der Waals surface area contributed by atoms with Gasteiger partial charge in [-0.05, 0) is 43.5 Å². The summed E-state index contributed by atoms with van der Waals surface area (Å²) < 4.78 is 0. The van der Waals surface area contributed by atoms with Crippen molar-refractivity contribution in [1.82, 2.24) is 9.80 Å². The fourth-order valence-corrected chi connectivity index (χ4v) is 4.29. The molecule has 21 heavy (non-hydrogen) atoms. The first-order chi connectivity index (χ1) is 10.2. The molecule has 2 N–H and O–H groups in total. The van der Waals surface area contributed by atoms with Crippen LogP contribution < -0.4 is 5.73 Å². The lowest BCUT2D eigenvalue weighted by Gasteiger charge is -2.38. The van der Waals surface area contributed by atoms with Crippen molar-refractivity contribution in [2.24, 2.45) is 5.73 Å². The van der Waals surface area contributed by atoms with Crippen LogP contribution in [0.15, 0.2) is 24.3 Å². The van der Waals surface area contributed by atoms with Crippen LogP contribution in [0.25, 0.3) is 0 Å². The number of nitrogens with two attached hydrogens (primary N) is 1. The molecule has 0 radical (unpaired) electrons. The SMILES string of the molecule is CCN(CC)C1CCN(C2CCc3ccccc3C2N)C1. The van der Waals surface area contributed by atoms with Crippen LogP contribution in [-0.2, 0) is 6.42 Å². The van der Waals surface area contributed by atoms with E-state index in [-0.39, 0.29) is 6.04 Å². The maximum Gasteiger partial charge on any atom is 0.0455 e. The third-order valence-electron chi connectivity index (χ3n) is 5.53. The van der Waals surface area contributed by atoms with Gasteiger partial charge in [-0.2, -0.15) is 0 Å². The number of fused-ring (bicyclic) bond motifs is 1. The monoisotopic (exact) mass is 287 g/mol. The van der Waals surface area contributed by atoms with Gasteiger partial charge in [-0.15, -0.1) is 0 Å². The second kappa shape index (κ2) is 6.47. The third kappa shape index (κ3) is 2.87. The third-order valence-corrected chi connectivity index (χ3v) is 5.53. The second-order valence-corrected chi connectivity index (χ2v) is 6.49. The average molecular weight is 287 g/mol. The van der Waals surface area contributed by atoms with Gasteiger partial charge in [-0.3, -0.25) is 9.80 Å². The fourth-order valence-electron chi connectivity index (χ4n) is 4.29. The second-order valence-electron chi connectivity index (χ2n) is 6.49. The van der Waals surface area contributed by atoms with Crippen molar-refractivity contribution in [3.05, 3.63) is 35.4 Å². The topological polar surface area (TPSA) is 32.5 Å². The van der Waals surface area contributed by atoms with Gasteiger partial charge in [-0.25, -0.2) is 0 Å². The Kier molecular flexibility index (Phi) is 4.63. The summed E-state index contributed by atoms with van der Waals surface area (Å²) in [4.78, 5) is 5.26. The van der Waals surface area contributed by atoms with Gasteiger partial charge in [0.25, 0.3) is 0 Å². The predicted molar refractivity (Wildman–Crippen MR) is 88.4 cm³/mol. The number of likely N-dealkylation sites (tertiary alicyclic amines) is 1. The molecule has 0 bridgehead atoms. The van der Waals surface area contributed by atoms with Crippen LogP contribution in [0, 0.1) is 0 Å². The minimum Gasteiger partial charge on any atom is -0.323 e. The van der Waals surface area contributed by atoms with Crippen molar-refractivity contribution < 1.29 is 0 Å². The quantitative estimate of drug-likeness (QED) is 0.923. The Hall–Kier alpha value is -0.900. The van der Waals surface area contributed by atoms with E-state index in [0.717, 1.165) is 19.1 Å². The van der Waals surface area contributed by atoms with Crippen LogP contribution in [0.2, 0.25) is 0 Å². The molecule has 1 fully saturated rings. The molecule has 116 valence electrons. The van der Waals surface area contributed by atoms with E-state index in [4.69, 9.17) is 5.73 Å². The predicted octanol–water partition coefficient (Wildman–Crippen LogP) is 2.42. The van der Waals surface area contributed by atoms with Crippen molar-refractivity contribution in [1.29, 1.82) is 0 Å². The molecule has 1 aromatic rings. The van der Waals surface area contributed by atoms with Crippen LogP contribution >= 0.6 is 0 Å². The molecule has 1 heterocycles. The highest BCUT2D eigenvalue weighted by Gasteiger charge is 2.36. The van der Waals surface area contributed by atoms with Crippen molar-refractivity contribution in [2.45, 2.75) is 51.2 Å². The van der Waals surface area contributed by atoms with Crippen molar-refractivity contribution >= 4 is 0 Å². The molecule has 3 heteroatoms. The Labute approximate surface area is 129 Å². The minimum absolute atomic E-state index is 0.186. The zero-order valence-electron chi connectivity index (χ0n) is 13.5. The largest absolute Gasteiger partial charge is 0.323 e. The van der Waals surface area contributed by atoms with E-state index in [9.17, 15) is 0 Å². The first kappa shape index (κ1) is 15.0. The van der Waals surface area contributed by atoms with Gasteiger partial charge in [0, 0.05) is 31.2 Å². The van der Waals surface area contributed by atoms with Crippen LogP contribution in [0.4, 0.5) is 0 Å². The standard InChI is InChI=1S/C18H29N3/c1-3-20(4-2)15-11-12-21(13-15)17-10-9-14-7-5-6-8-16(14)18(17)19/h5-8,15,17-18H,3-4,9-13,19H2,1-2H3. The van der Waals surface area contributed by atoms with E-state index in [2.05, 4.69) is 47.9 Å². The van der Waals surface area contributed by atoms with Gasteiger partial charge in [0.05, 0.1) is 0 Å². The summed E-state index contributed by atoms with van der Waals surface area (Å²) in [7, 11) is 0. The summed E-state index contributed by atoms with van der Waals surface area (Å²) in [6.45, 7) is 9.27. The summed E-state index contributed by atoms with van der Waals surface area (Å²) >= 11 is 0. The maximum atomic E-state index is 6.60. The van der Waals surface area contributed by atoms with E-state index in [1.54, 1.807) is 0 Å². The zero-order valence-corrected chi connectivity index (χ0v) is 13.5. The minimum atomic E-state index is 0.186. The molecular formula is C18H29N3. The van der Waals surface area contributed by atoms with Gasteiger partial charge in [0.15, 0.2) is 0 Å². The van der Waals surface area contributed by atoms with E-state index in [1.165, 1.54) is 43.5 Å². The van der Waals surface area contributed by atoms with Gasteiger partial charge in [-0.1, -0.05) is 38.1 Å². The highest BCUT2D eigenvalue weighted by Crippen LogP contribution is 2.33. The molecule has 3 unspecified atom stereocenters. The number of hydrogen-bond acceptors (Lipinski definition) is 3. The number of rotatable bonds is 4. The van der Waals surface area contributed by atoms with E-state index >= 15 is 0 Å². The lowest BCUT2D eigenvalue weighted by molar-refractivity contribution is 0.161. The molecule has 1 aliphatic carbocycles. The number of nitrogens with zero attached hydrogens (tertiary/aromatic N) is 2. The molecule has 2 aliphatic rings. The number of hydrogen-bond donors (Lipinski definition) is 1. The van der Waals surface area contributed by atoms with Crippen molar-refractivity contribution in [3.63, 3.8) is 0 Å². The molecule has 0 aromatic heterocycles. The summed E-state index contributed by atoms with van der Waals surface area (Å²) in [5.41, 5.74) is 9.44. The van der Waals surface area contributed by atoms with Crippen LogP contribution in [0.5, 0.6) is 0 Å². The Morgan fingerprint density at radius 2 is 1.95 bits per heavy atom. The number of benzene rings is 1. The molecule has 1 aliphatic heterocycles. The molecule has 3 atom stereocenters. The fraction of sp³-hybridized carbons (Fsp3) is 0.667. The Morgan fingerprint density at radius 3 is 2.71 bits per heavy atom. The Morgan fingerprint density at radius 1 is 1.19 bits per heavy atom. The molecule has 1 aromatic carbocycles. The summed E-state index contributed by atoms with van der Waals surface area (Å²) in [5.74, 6) is 0. The number of aryl methyl sites for hydroxylation is 1. The van der Waals surface area contributed by atoms with Gasteiger partial charge >= 0.3 is 0 Å². The molecule has 0 spiro atoms. The smallest absolute Gasteiger partial charge is 0.0455 e. The normalized spacial score (nSPS) is 29.8. The van der Waals surface area contributed by atoms with Crippen LogP contribution in [0.1, 0.15) is 43.9 Å². The first-order valence-corrected chi connectivity index (χ1v) is 8.56. The molecule has 0 saturated carbocycles. The van der Waals surface area contributed by atoms with E-state index in [1.807, 2.05) is 0 Å². The van der Waals surface area contributed by atoms with Crippen molar-refractivity contribution in [2.75, 3.05) is 26.2 Å². The van der Waals surface area contributed by atoms with Gasteiger partial charge < -0.3 is 5.73 Å². The Bertz CT molecular complexity index is 469. The average Bonchev–Trinajstić information content (AvgIpc) is 2.99. The number of likely N-dealkylation sites (N-methyl/N-ethyl adjacent to an activating group) is 1. The Balaban J connectivity index is 1.69. The van der Waals surface area contributed by atoms with Gasteiger partial charge in [0.2, 0.25) is 0 Å². The van der Waals surface area contributed by atoms with E-state index < -0.39 is 0 Å². The first-order valence-electron chi connectivity index (χ1n) is 8.56. The summed E-state index contributed by atoms with van der Waals surface area (Å²) in [5, 5.41) is 0. The molecule has 3 rings (SSSR count). The summed E-state index contributed by atoms with van der Waals surface area (Å²) in [6, 6.07) is 10.2. The van der Waals surface area contributed by atoms with Crippen LogP contribution in [-0.4, -0.2) is 48.1 Å². The maximum absolute atomic E-state index is 6.60. The zero-order chi connectivity index (χ0) is 14.8. The highest BCUT2D eigenvalue weighted by molar-refractivity contribution is 5.33.